The van der Waals surface area contributed by atoms with Crippen LogP contribution >= 0.6 is 0 Å². The second kappa shape index (κ2) is 7.37. The van der Waals surface area contributed by atoms with E-state index in [1.807, 2.05) is 65.6 Å². The van der Waals surface area contributed by atoms with Gasteiger partial charge < -0.3 is 10.0 Å². The molecule has 0 unspecified atom stereocenters. The van der Waals surface area contributed by atoms with Gasteiger partial charge in [0.25, 0.3) is 0 Å². The fourth-order valence-corrected chi connectivity index (χ4v) is 2.45. The molecule has 5 heteroatoms. The van der Waals surface area contributed by atoms with Gasteiger partial charge in [0.1, 0.15) is 0 Å². The van der Waals surface area contributed by atoms with E-state index in [4.69, 9.17) is 0 Å². The Balaban J connectivity index is 1.92. The standard InChI is InChI=1S/C19H17N3O2/c23-19(24)17-11-18(21-20-12-17)22(13-15-7-3-1-4-8-15)14-16-9-5-2-6-10-16/h1-12H,13-14H2,(H,23,24). The Morgan fingerprint density at radius 1 is 0.917 bits per heavy atom. The maximum atomic E-state index is 11.2. The van der Waals surface area contributed by atoms with Crippen LogP contribution in [0.5, 0.6) is 0 Å². The number of carbonyl (C=O) groups is 1. The molecule has 0 amide bonds. The van der Waals surface area contributed by atoms with Crippen LogP contribution in [0.15, 0.2) is 72.9 Å². The van der Waals surface area contributed by atoms with Crippen LogP contribution in [-0.4, -0.2) is 21.3 Å². The maximum absolute atomic E-state index is 11.2. The van der Waals surface area contributed by atoms with Crippen LogP contribution in [0.2, 0.25) is 0 Å². The third-order valence-corrected chi connectivity index (χ3v) is 3.65. The molecule has 24 heavy (non-hydrogen) atoms. The number of anilines is 1. The number of aromatic carboxylic acids is 1. The minimum atomic E-state index is -1.01. The minimum absolute atomic E-state index is 0.131. The molecular weight excluding hydrogens is 302 g/mol. The number of aromatic nitrogens is 2. The van der Waals surface area contributed by atoms with E-state index in [1.165, 1.54) is 6.20 Å². The van der Waals surface area contributed by atoms with Crippen molar-refractivity contribution >= 4 is 11.8 Å². The van der Waals surface area contributed by atoms with Gasteiger partial charge in [0.2, 0.25) is 0 Å². The van der Waals surface area contributed by atoms with E-state index < -0.39 is 5.97 Å². The summed E-state index contributed by atoms with van der Waals surface area (Å²) in [5.74, 6) is -0.465. The molecule has 0 aliphatic rings. The van der Waals surface area contributed by atoms with Gasteiger partial charge in [0, 0.05) is 13.1 Å². The summed E-state index contributed by atoms with van der Waals surface area (Å²) in [5, 5.41) is 17.1. The predicted octanol–water partition coefficient (Wildman–Crippen LogP) is 3.38. The van der Waals surface area contributed by atoms with Crippen molar-refractivity contribution in [3.05, 3.63) is 89.6 Å². The lowest BCUT2D eigenvalue weighted by atomic mass is 10.1. The largest absolute Gasteiger partial charge is 0.478 e. The van der Waals surface area contributed by atoms with Gasteiger partial charge in [-0.2, -0.15) is 5.10 Å². The number of rotatable bonds is 6. The Morgan fingerprint density at radius 2 is 1.46 bits per heavy atom. The van der Waals surface area contributed by atoms with E-state index in [-0.39, 0.29) is 5.56 Å². The third kappa shape index (κ3) is 3.95. The minimum Gasteiger partial charge on any atom is -0.478 e. The molecule has 0 saturated carbocycles. The predicted molar refractivity (Wildman–Crippen MR) is 91.8 cm³/mol. The van der Waals surface area contributed by atoms with Crippen LogP contribution in [0.25, 0.3) is 0 Å². The van der Waals surface area contributed by atoms with Gasteiger partial charge in [-0.05, 0) is 17.2 Å². The van der Waals surface area contributed by atoms with E-state index in [0.29, 0.717) is 18.9 Å². The van der Waals surface area contributed by atoms with Crippen molar-refractivity contribution in [3.63, 3.8) is 0 Å². The highest BCUT2D eigenvalue weighted by atomic mass is 16.4. The van der Waals surface area contributed by atoms with Crippen LogP contribution < -0.4 is 4.90 Å². The smallest absolute Gasteiger partial charge is 0.337 e. The topological polar surface area (TPSA) is 66.3 Å². The van der Waals surface area contributed by atoms with Gasteiger partial charge in [-0.1, -0.05) is 60.7 Å². The summed E-state index contributed by atoms with van der Waals surface area (Å²) in [6.07, 6.45) is 1.26. The van der Waals surface area contributed by atoms with E-state index >= 15 is 0 Å². The van der Waals surface area contributed by atoms with Crippen molar-refractivity contribution < 1.29 is 9.90 Å². The molecule has 1 heterocycles. The average molecular weight is 319 g/mol. The van der Waals surface area contributed by atoms with Crippen molar-refractivity contribution in [3.8, 4) is 0 Å². The lowest BCUT2D eigenvalue weighted by Crippen LogP contribution is -2.24. The Hall–Kier alpha value is -3.21. The molecule has 0 spiro atoms. The Kier molecular flexibility index (Phi) is 4.81. The molecule has 3 rings (SSSR count). The molecule has 0 aliphatic heterocycles. The van der Waals surface area contributed by atoms with E-state index in [1.54, 1.807) is 6.07 Å². The van der Waals surface area contributed by atoms with Crippen molar-refractivity contribution in [1.82, 2.24) is 10.2 Å². The average Bonchev–Trinajstić information content (AvgIpc) is 2.63. The number of carboxylic acid groups (broad SMARTS) is 1. The zero-order chi connectivity index (χ0) is 16.8. The molecule has 3 aromatic rings. The van der Waals surface area contributed by atoms with Gasteiger partial charge in [0.15, 0.2) is 5.82 Å². The number of hydrogen-bond donors (Lipinski definition) is 1. The monoisotopic (exact) mass is 319 g/mol. The summed E-state index contributed by atoms with van der Waals surface area (Å²) in [6.45, 7) is 1.24. The Morgan fingerprint density at radius 3 is 1.96 bits per heavy atom. The lowest BCUT2D eigenvalue weighted by molar-refractivity contribution is 0.0696. The van der Waals surface area contributed by atoms with Crippen LogP contribution in [0.4, 0.5) is 5.82 Å². The van der Waals surface area contributed by atoms with Gasteiger partial charge >= 0.3 is 5.97 Å². The highest BCUT2D eigenvalue weighted by Crippen LogP contribution is 2.18. The van der Waals surface area contributed by atoms with E-state index in [2.05, 4.69) is 10.2 Å². The quantitative estimate of drug-likeness (QED) is 0.754. The molecule has 0 bridgehead atoms. The highest BCUT2D eigenvalue weighted by Gasteiger charge is 2.13. The summed E-state index contributed by atoms with van der Waals surface area (Å²) in [6, 6.07) is 21.6. The van der Waals surface area contributed by atoms with Crippen molar-refractivity contribution in [2.45, 2.75) is 13.1 Å². The normalized spacial score (nSPS) is 10.3. The zero-order valence-electron chi connectivity index (χ0n) is 13.0. The molecule has 0 fully saturated rings. The third-order valence-electron chi connectivity index (χ3n) is 3.65. The van der Waals surface area contributed by atoms with Crippen molar-refractivity contribution in [2.75, 3.05) is 4.90 Å². The molecule has 0 saturated heterocycles. The summed E-state index contributed by atoms with van der Waals surface area (Å²) in [7, 11) is 0. The van der Waals surface area contributed by atoms with Gasteiger partial charge in [0.05, 0.1) is 11.8 Å². The molecule has 1 N–H and O–H groups in total. The second-order valence-corrected chi connectivity index (χ2v) is 5.43. The fraction of sp³-hybridized carbons (Fsp3) is 0.105. The molecule has 0 radical (unpaired) electrons. The molecule has 1 aromatic heterocycles. The van der Waals surface area contributed by atoms with Gasteiger partial charge in [-0.25, -0.2) is 4.79 Å². The van der Waals surface area contributed by atoms with E-state index in [0.717, 1.165) is 11.1 Å². The molecule has 0 atom stereocenters. The Labute approximate surface area is 140 Å². The SMILES string of the molecule is O=C(O)c1cnnc(N(Cc2ccccc2)Cc2ccccc2)c1. The first-order valence-corrected chi connectivity index (χ1v) is 7.61. The molecule has 5 nitrogen and oxygen atoms in total. The van der Waals surface area contributed by atoms with Crippen LogP contribution in [-0.2, 0) is 13.1 Å². The number of benzene rings is 2. The first kappa shape index (κ1) is 15.7. The molecule has 0 aliphatic carbocycles. The number of hydrogen-bond acceptors (Lipinski definition) is 4. The van der Waals surface area contributed by atoms with Crippen molar-refractivity contribution in [1.29, 1.82) is 0 Å². The second-order valence-electron chi connectivity index (χ2n) is 5.43. The van der Waals surface area contributed by atoms with E-state index in [9.17, 15) is 9.90 Å². The van der Waals surface area contributed by atoms with Gasteiger partial charge in [-0.3, -0.25) is 0 Å². The summed E-state index contributed by atoms with van der Waals surface area (Å²) in [4.78, 5) is 13.2. The molecule has 2 aromatic carbocycles. The molecular formula is C19H17N3O2. The highest BCUT2D eigenvalue weighted by molar-refractivity contribution is 5.87. The van der Waals surface area contributed by atoms with Gasteiger partial charge in [-0.15, -0.1) is 5.10 Å². The summed E-state index contributed by atoms with van der Waals surface area (Å²) in [5.41, 5.74) is 2.37. The Bertz CT molecular complexity index is 766. The summed E-state index contributed by atoms with van der Waals surface area (Å²) >= 11 is 0. The summed E-state index contributed by atoms with van der Waals surface area (Å²) < 4.78 is 0. The number of carboxylic acids is 1. The number of nitrogens with zero attached hydrogens (tertiary/aromatic N) is 3. The first-order valence-electron chi connectivity index (χ1n) is 7.61. The first-order chi connectivity index (χ1) is 11.7. The zero-order valence-corrected chi connectivity index (χ0v) is 13.0. The van der Waals surface area contributed by atoms with Crippen LogP contribution in [0.3, 0.4) is 0 Å². The van der Waals surface area contributed by atoms with Crippen molar-refractivity contribution in [2.24, 2.45) is 0 Å². The van der Waals surface area contributed by atoms with Crippen LogP contribution in [0.1, 0.15) is 21.5 Å². The molecule has 120 valence electrons. The fourth-order valence-electron chi connectivity index (χ4n) is 2.45. The van der Waals surface area contributed by atoms with Crippen LogP contribution in [0, 0.1) is 0 Å². The maximum Gasteiger partial charge on any atom is 0.337 e. The lowest BCUT2D eigenvalue weighted by Gasteiger charge is -2.23.